The average Bonchev–Trinajstić information content (AvgIpc) is 3.24. The van der Waals surface area contributed by atoms with E-state index in [1.807, 2.05) is 30.3 Å². The second-order valence-electron chi connectivity index (χ2n) is 7.75. The van der Waals surface area contributed by atoms with Gasteiger partial charge in [-0.3, -0.25) is 4.72 Å². The first kappa shape index (κ1) is 19.4. The zero-order chi connectivity index (χ0) is 20.7. The van der Waals surface area contributed by atoms with E-state index in [9.17, 15) is 8.42 Å². The van der Waals surface area contributed by atoms with E-state index in [1.54, 1.807) is 18.2 Å². The minimum Gasteiger partial charge on any atom is -0.378 e. The van der Waals surface area contributed by atoms with Crippen LogP contribution in [0.3, 0.4) is 0 Å². The molecule has 5 rings (SSSR count). The summed E-state index contributed by atoms with van der Waals surface area (Å²) in [6.45, 7) is 0. The molecule has 0 bridgehead atoms. The summed E-state index contributed by atoms with van der Waals surface area (Å²) in [6, 6.07) is 23.0. The van der Waals surface area contributed by atoms with Crippen LogP contribution in [0.15, 0.2) is 94.3 Å². The molecule has 0 amide bonds. The molecule has 1 heterocycles. The van der Waals surface area contributed by atoms with E-state index in [0.717, 1.165) is 22.1 Å². The molecule has 6 heteroatoms. The van der Waals surface area contributed by atoms with Crippen molar-refractivity contribution < 1.29 is 8.42 Å². The molecule has 3 aromatic rings. The number of hydrogen-bond donors (Lipinski definition) is 2. The maximum atomic E-state index is 12.9. The van der Waals surface area contributed by atoms with Crippen molar-refractivity contribution in [1.29, 1.82) is 0 Å². The van der Waals surface area contributed by atoms with Gasteiger partial charge in [-0.15, -0.1) is 0 Å². The zero-order valence-electron chi connectivity index (χ0n) is 16.1. The lowest BCUT2D eigenvalue weighted by Crippen LogP contribution is -2.29. The van der Waals surface area contributed by atoms with Crippen LogP contribution >= 0.6 is 15.9 Å². The van der Waals surface area contributed by atoms with Crippen molar-refractivity contribution in [3.05, 3.63) is 101 Å². The standard InChI is InChI=1S/C24H21BrN2O2S/c25-17-11-9-16(10-12-17)24-21-8-4-7-20(21)22-15-19(13-14-23(22)26-24)30(28,29)27-18-5-2-1-3-6-18/h1-7,9-15,20-21,24,26-27H,8H2/t20-,21+,24+/m0/s1. The summed E-state index contributed by atoms with van der Waals surface area (Å²) in [4.78, 5) is 0.285. The molecule has 0 radical (unpaired) electrons. The van der Waals surface area contributed by atoms with E-state index in [2.05, 4.69) is 62.4 Å². The minimum atomic E-state index is -3.65. The number of benzene rings is 3. The number of fused-ring (bicyclic) bond motifs is 3. The Bertz CT molecular complexity index is 1210. The Morgan fingerprint density at radius 1 is 0.967 bits per heavy atom. The summed E-state index contributed by atoms with van der Waals surface area (Å²) in [5.74, 6) is 0.556. The predicted octanol–water partition coefficient (Wildman–Crippen LogP) is 6.08. The summed E-state index contributed by atoms with van der Waals surface area (Å²) in [5.41, 5.74) is 3.83. The van der Waals surface area contributed by atoms with E-state index in [1.165, 1.54) is 5.56 Å². The quantitative estimate of drug-likeness (QED) is 0.445. The van der Waals surface area contributed by atoms with Crippen LogP contribution in [-0.2, 0) is 10.0 Å². The summed E-state index contributed by atoms with van der Waals surface area (Å²) >= 11 is 3.51. The van der Waals surface area contributed by atoms with Gasteiger partial charge >= 0.3 is 0 Å². The molecule has 30 heavy (non-hydrogen) atoms. The normalized spacial score (nSPS) is 22.1. The van der Waals surface area contributed by atoms with E-state index in [0.29, 0.717) is 11.6 Å². The van der Waals surface area contributed by atoms with Gasteiger partial charge in [0.05, 0.1) is 10.9 Å². The Hall–Kier alpha value is -2.57. The topological polar surface area (TPSA) is 58.2 Å². The molecule has 4 nitrogen and oxygen atoms in total. The lowest BCUT2D eigenvalue weighted by molar-refractivity contribution is 0.425. The first-order valence-corrected chi connectivity index (χ1v) is 12.2. The van der Waals surface area contributed by atoms with Crippen LogP contribution in [-0.4, -0.2) is 8.42 Å². The number of anilines is 2. The molecule has 3 aromatic carbocycles. The molecule has 0 saturated heterocycles. The van der Waals surface area contributed by atoms with Crippen molar-refractivity contribution in [3.8, 4) is 0 Å². The SMILES string of the molecule is O=S(=O)(Nc1ccccc1)c1ccc2c(c1)[C@H]1C=CC[C@H]1[C@@H](c1ccc(Br)cc1)N2. The largest absolute Gasteiger partial charge is 0.378 e. The van der Waals surface area contributed by atoms with Crippen molar-refractivity contribution in [2.24, 2.45) is 5.92 Å². The van der Waals surface area contributed by atoms with Crippen LogP contribution in [0.1, 0.15) is 29.5 Å². The highest BCUT2D eigenvalue weighted by atomic mass is 79.9. The molecule has 0 unspecified atom stereocenters. The van der Waals surface area contributed by atoms with Gasteiger partial charge in [-0.1, -0.05) is 58.4 Å². The third kappa shape index (κ3) is 3.55. The van der Waals surface area contributed by atoms with Gasteiger partial charge in [0.1, 0.15) is 0 Å². The Balaban J connectivity index is 1.50. The second kappa shape index (κ2) is 7.60. The van der Waals surface area contributed by atoms with Crippen molar-refractivity contribution >= 4 is 37.3 Å². The van der Waals surface area contributed by atoms with E-state index in [-0.39, 0.29) is 16.9 Å². The average molecular weight is 481 g/mol. The second-order valence-corrected chi connectivity index (χ2v) is 10.3. The fourth-order valence-electron chi connectivity index (χ4n) is 4.46. The molecule has 1 aliphatic heterocycles. The molecule has 0 spiro atoms. The number of rotatable bonds is 4. The summed E-state index contributed by atoms with van der Waals surface area (Å²) in [6.07, 6.45) is 5.40. The maximum Gasteiger partial charge on any atom is 0.261 e. The predicted molar refractivity (Wildman–Crippen MR) is 124 cm³/mol. The van der Waals surface area contributed by atoms with Gasteiger partial charge in [0, 0.05) is 21.8 Å². The number of hydrogen-bond acceptors (Lipinski definition) is 3. The Morgan fingerprint density at radius 2 is 1.73 bits per heavy atom. The van der Waals surface area contributed by atoms with Crippen LogP contribution in [0.5, 0.6) is 0 Å². The monoisotopic (exact) mass is 480 g/mol. The van der Waals surface area contributed by atoms with Gasteiger partial charge < -0.3 is 5.32 Å². The maximum absolute atomic E-state index is 12.9. The summed E-state index contributed by atoms with van der Waals surface area (Å²) in [7, 11) is -3.65. The lowest BCUT2D eigenvalue weighted by atomic mass is 9.77. The number of para-hydroxylation sites is 1. The van der Waals surface area contributed by atoms with Gasteiger partial charge in [-0.05, 0) is 65.9 Å². The number of halogens is 1. The van der Waals surface area contributed by atoms with Crippen LogP contribution < -0.4 is 10.0 Å². The van der Waals surface area contributed by atoms with Crippen molar-refractivity contribution in [3.63, 3.8) is 0 Å². The number of sulfonamides is 1. The van der Waals surface area contributed by atoms with Crippen LogP contribution in [0.4, 0.5) is 11.4 Å². The molecule has 0 saturated carbocycles. The molecule has 2 N–H and O–H groups in total. The highest BCUT2D eigenvalue weighted by Gasteiger charge is 2.38. The molecule has 3 atom stereocenters. The molecule has 1 aliphatic carbocycles. The molecular formula is C24H21BrN2O2S. The Morgan fingerprint density at radius 3 is 2.50 bits per heavy atom. The van der Waals surface area contributed by atoms with Crippen LogP contribution in [0.25, 0.3) is 0 Å². The third-order valence-corrected chi connectivity index (χ3v) is 7.81. The molecule has 0 aromatic heterocycles. The molecule has 0 fully saturated rings. The molecule has 152 valence electrons. The van der Waals surface area contributed by atoms with Crippen molar-refractivity contribution in [1.82, 2.24) is 0 Å². The van der Waals surface area contributed by atoms with Gasteiger partial charge in [-0.2, -0.15) is 0 Å². The van der Waals surface area contributed by atoms with Crippen molar-refractivity contribution in [2.45, 2.75) is 23.3 Å². The number of allylic oxidation sites excluding steroid dienone is 2. The van der Waals surface area contributed by atoms with Gasteiger partial charge in [-0.25, -0.2) is 8.42 Å². The summed E-state index contributed by atoms with van der Waals surface area (Å²) < 4.78 is 29.6. The Labute approximate surface area is 185 Å². The first-order chi connectivity index (χ1) is 14.5. The molecule has 2 aliphatic rings. The molecular weight excluding hydrogens is 460 g/mol. The Kier molecular flexibility index (Phi) is 4.91. The zero-order valence-corrected chi connectivity index (χ0v) is 18.5. The van der Waals surface area contributed by atoms with Crippen LogP contribution in [0.2, 0.25) is 0 Å². The highest BCUT2D eigenvalue weighted by molar-refractivity contribution is 9.10. The van der Waals surface area contributed by atoms with E-state index < -0.39 is 10.0 Å². The smallest absolute Gasteiger partial charge is 0.261 e. The fourth-order valence-corrected chi connectivity index (χ4v) is 5.82. The van der Waals surface area contributed by atoms with Crippen LogP contribution in [0, 0.1) is 5.92 Å². The number of nitrogens with one attached hydrogen (secondary N) is 2. The highest BCUT2D eigenvalue weighted by Crippen LogP contribution is 2.50. The fraction of sp³-hybridized carbons (Fsp3) is 0.167. The first-order valence-electron chi connectivity index (χ1n) is 9.92. The lowest BCUT2D eigenvalue weighted by Gasteiger charge is -2.37. The third-order valence-electron chi connectivity index (χ3n) is 5.90. The van der Waals surface area contributed by atoms with Gasteiger partial charge in [0.2, 0.25) is 0 Å². The summed E-state index contributed by atoms with van der Waals surface area (Å²) in [5, 5.41) is 3.66. The minimum absolute atomic E-state index is 0.190. The van der Waals surface area contributed by atoms with Gasteiger partial charge in [0.15, 0.2) is 0 Å². The van der Waals surface area contributed by atoms with Gasteiger partial charge in [0.25, 0.3) is 10.0 Å². The van der Waals surface area contributed by atoms with Crippen molar-refractivity contribution in [2.75, 3.05) is 10.0 Å². The van der Waals surface area contributed by atoms with E-state index in [4.69, 9.17) is 0 Å². The van der Waals surface area contributed by atoms with E-state index >= 15 is 0 Å².